The van der Waals surface area contributed by atoms with Crippen LogP contribution in [0.1, 0.15) is 24.5 Å². The first-order valence-corrected chi connectivity index (χ1v) is 5.91. The predicted molar refractivity (Wildman–Crippen MR) is 59.4 cm³/mol. The average molecular weight is 310 g/mol. The first-order valence-electron chi connectivity index (χ1n) is 5.12. The normalized spacial score (nSPS) is 20.1. The minimum atomic E-state index is -4.24. The summed E-state index contributed by atoms with van der Waals surface area (Å²) in [4.78, 5) is 3.94. The topological polar surface area (TPSA) is 22.1 Å². The molecule has 17 heavy (non-hydrogen) atoms. The molecule has 1 aliphatic carbocycles. The Bertz CT molecular complexity index is 400. The van der Waals surface area contributed by atoms with E-state index in [1.807, 2.05) is 0 Å². The highest BCUT2D eigenvalue weighted by Crippen LogP contribution is 2.65. The third-order valence-electron chi connectivity index (χ3n) is 3.14. The number of nitrogens with zero attached hydrogens (tertiary/aromatic N) is 1. The maximum absolute atomic E-state index is 13.0. The number of alkyl halides is 3. The highest BCUT2D eigenvalue weighted by molar-refractivity contribution is 9.10. The van der Waals surface area contributed by atoms with Gasteiger partial charge in [-0.15, -0.1) is 0 Å². The van der Waals surface area contributed by atoms with Crippen molar-refractivity contribution in [3.8, 4) is 0 Å². The van der Waals surface area contributed by atoms with Gasteiger partial charge in [0.25, 0.3) is 0 Å². The summed E-state index contributed by atoms with van der Waals surface area (Å²) in [6, 6.07) is 3.23. The van der Waals surface area contributed by atoms with Gasteiger partial charge in [-0.1, -0.05) is 6.07 Å². The summed E-state index contributed by atoms with van der Waals surface area (Å²) in [6.07, 6.45) is -3.55. The lowest BCUT2D eigenvalue weighted by atomic mass is 9.93. The average Bonchev–Trinajstić information content (AvgIpc) is 3.02. The molecule has 1 saturated carbocycles. The van der Waals surface area contributed by atoms with Crippen LogP contribution in [-0.4, -0.2) is 18.3 Å². The predicted octanol–water partition coefficient (Wildman–Crippen LogP) is 3.87. The highest BCUT2D eigenvalue weighted by Gasteiger charge is 2.68. The lowest BCUT2D eigenvalue weighted by Crippen LogP contribution is -2.32. The molecule has 0 radical (unpaired) electrons. The number of rotatable bonds is 3. The van der Waals surface area contributed by atoms with Crippen LogP contribution in [-0.2, 0) is 4.74 Å². The van der Waals surface area contributed by atoms with Gasteiger partial charge in [-0.3, -0.25) is 0 Å². The Kier molecular flexibility index (Phi) is 3.20. The zero-order valence-electron chi connectivity index (χ0n) is 9.09. The smallest absolute Gasteiger partial charge is 0.376 e. The molecule has 1 fully saturated rings. The van der Waals surface area contributed by atoms with Gasteiger partial charge in [0.15, 0.2) is 0 Å². The fraction of sp³-hybridized carbons (Fsp3) is 0.545. The second kappa shape index (κ2) is 4.24. The lowest BCUT2D eigenvalue weighted by Gasteiger charge is -2.28. The summed E-state index contributed by atoms with van der Waals surface area (Å²) >= 11 is 3.15. The summed E-state index contributed by atoms with van der Waals surface area (Å²) in [5.74, 6) is 0. The summed E-state index contributed by atoms with van der Waals surface area (Å²) in [7, 11) is 1.30. The SMILES string of the molecule is COC(c1ccc(Br)nc1)C1(C(F)(F)F)CC1. The zero-order valence-corrected chi connectivity index (χ0v) is 10.7. The Labute approximate surface area is 105 Å². The molecule has 0 amide bonds. The molecule has 2 nitrogen and oxygen atoms in total. The monoisotopic (exact) mass is 309 g/mol. The van der Waals surface area contributed by atoms with E-state index in [-0.39, 0.29) is 12.8 Å². The Hall–Kier alpha value is -0.620. The number of halogens is 4. The van der Waals surface area contributed by atoms with Gasteiger partial charge in [0.05, 0.1) is 11.5 Å². The van der Waals surface area contributed by atoms with Crippen LogP contribution >= 0.6 is 15.9 Å². The van der Waals surface area contributed by atoms with E-state index in [0.29, 0.717) is 10.2 Å². The molecule has 0 saturated heterocycles. The van der Waals surface area contributed by atoms with E-state index < -0.39 is 17.7 Å². The van der Waals surface area contributed by atoms with Crippen molar-refractivity contribution in [2.24, 2.45) is 5.41 Å². The molecule has 94 valence electrons. The third-order valence-corrected chi connectivity index (χ3v) is 3.61. The van der Waals surface area contributed by atoms with Crippen LogP contribution in [0.4, 0.5) is 13.2 Å². The van der Waals surface area contributed by atoms with Crippen LogP contribution in [0.15, 0.2) is 22.9 Å². The van der Waals surface area contributed by atoms with Crippen molar-refractivity contribution in [3.63, 3.8) is 0 Å². The van der Waals surface area contributed by atoms with Crippen molar-refractivity contribution < 1.29 is 17.9 Å². The summed E-state index contributed by atoms with van der Waals surface area (Å²) in [5.41, 5.74) is -1.26. The second-order valence-corrected chi connectivity index (χ2v) is 5.00. The molecule has 2 rings (SSSR count). The van der Waals surface area contributed by atoms with E-state index in [2.05, 4.69) is 20.9 Å². The number of hydrogen-bond donors (Lipinski definition) is 0. The zero-order chi connectivity index (χ0) is 12.7. The van der Waals surface area contributed by atoms with Crippen LogP contribution in [0, 0.1) is 5.41 Å². The molecule has 6 heteroatoms. The third kappa shape index (κ3) is 2.20. The maximum atomic E-state index is 13.0. The van der Waals surface area contributed by atoms with E-state index in [4.69, 9.17) is 4.74 Å². The van der Waals surface area contributed by atoms with Crippen LogP contribution in [0.25, 0.3) is 0 Å². The number of hydrogen-bond acceptors (Lipinski definition) is 2. The molecule has 1 aromatic rings. The summed E-state index contributed by atoms with van der Waals surface area (Å²) in [6.45, 7) is 0. The van der Waals surface area contributed by atoms with Crippen molar-refractivity contribution >= 4 is 15.9 Å². The van der Waals surface area contributed by atoms with Gasteiger partial charge in [0, 0.05) is 18.9 Å². The fourth-order valence-corrected chi connectivity index (χ4v) is 2.29. The number of methoxy groups -OCH3 is 1. The van der Waals surface area contributed by atoms with Crippen molar-refractivity contribution in [2.45, 2.75) is 25.1 Å². The van der Waals surface area contributed by atoms with Gasteiger partial charge in [-0.25, -0.2) is 4.98 Å². The molecule has 0 aromatic carbocycles. The van der Waals surface area contributed by atoms with Crippen molar-refractivity contribution in [2.75, 3.05) is 7.11 Å². The molecule has 0 spiro atoms. The van der Waals surface area contributed by atoms with Gasteiger partial charge < -0.3 is 4.74 Å². The molecular formula is C11H11BrF3NO. The highest BCUT2D eigenvalue weighted by atomic mass is 79.9. The Morgan fingerprint density at radius 3 is 2.41 bits per heavy atom. The van der Waals surface area contributed by atoms with Gasteiger partial charge in [-0.05, 0) is 34.8 Å². The Balaban J connectivity index is 2.32. The van der Waals surface area contributed by atoms with Crippen LogP contribution in [0.3, 0.4) is 0 Å². The van der Waals surface area contributed by atoms with Crippen LogP contribution in [0.5, 0.6) is 0 Å². The van der Waals surface area contributed by atoms with Gasteiger partial charge >= 0.3 is 6.18 Å². The summed E-state index contributed by atoms with van der Waals surface area (Å²) in [5, 5.41) is 0. The molecule has 1 unspecified atom stereocenters. The Morgan fingerprint density at radius 2 is 2.06 bits per heavy atom. The minimum Gasteiger partial charge on any atom is -0.376 e. The molecule has 1 aromatic heterocycles. The Morgan fingerprint density at radius 1 is 1.41 bits per heavy atom. The molecule has 0 N–H and O–H groups in total. The first kappa shape index (κ1) is 12.8. The fourth-order valence-electron chi connectivity index (χ4n) is 2.05. The number of ether oxygens (including phenoxy) is 1. The maximum Gasteiger partial charge on any atom is 0.397 e. The van der Waals surface area contributed by atoms with E-state index in [9.17, 15) is 13.2 Å². The van der Waals surface area contributed by atoms with E-state index in [1.165, 1.54) is 13.3 Å². The van der Waals surface area contributed by atoms with E-state index in [0.717, 1.165) is 0 Å². The molecular weight excluding hydrogens is 299 g/mol. The first-order chi connectivity index (χ1) is 7.90. The van der Waals surface area contributed by atoms with Gasteiger partial charge in [0.2, 0.25) is 0 Å². The quantitative estimate of drug-likeness (QED) is 0.791. The van der Waals surface area contributed by atoms with Crippen LogP contribution < -0.4 is 0 Å². The molecule has 0 bridgehead atoms. The number of pyridine rings is 1. The van der Waals surface area contributed by atoms with Crippen molar-refractivity contribution in [1.29, 1.82) is 0 Å². The van der Waals surface area contributed by atoms with Crippen molar-refractivity contribution in [3.05, 3.63) is 28.5 Å². The van der Waals surface area contributed by atoms with Crippen molar-refractivity contribution in [1.82, 2.24) is 4.98 Å². The standard InChI is InChI=1S/C11H11BrF3NO/c1-17-9(7-2-3-8(12)16-6-7)10(4-5-10)11(13,14)15/h2-3,6,9H,4-5H2,1H3. The van der Waals surface area contributed by atoms with Crippen LogP contribution in [0.2, 0.25) is 0 Å². The van der Waals surface area contributed by atoms with Gasteiger partial charge in [-0.2, -0.15) is 13.2 Å². The molecule has 1 aliphatic rings. The molecule has 0 aliphatic heterocycles. The van der Waals surface area contributed by atoms with Gasteiger partial charge in [0.1, 0.15) is 4.60 Å². The molecule has 1 heterocycles. The van der Waals surface area contributed by atoms with E-state index >= 15 is 0 Å². The number of aromatic nitrogens is 1. The largest absolute Gasteiger partial charge is 0.397 e. The van der Waals surface area contributed by atoms with E-state index in [1.54, 1.807) is 12.1 Å². The summed E-state index contributed by atoms with van der Waals surface area (Å²) < 4.78 is 44.6. The second-order valence-electron chi connectivity index (χ2n) is 4.18. The lowest BCUT2D eigenvalue weighted by molar-refractivity contribution is -0.220. The minimum absolute atomic E-state index is 0.116. The molecule has 1 atom stereocenters.